The Morgan fingerprint density at radius 3 is 2.50 bits per heavy atom. The molecular formula is C19H19BrN2OS. The van der Waals surface area contributed by atoms with Gasteiger partial charge >= 0.3 is 0 Å². The number of carbonyl (C=O) groups is 1. The highest BCUT2D eigenvalue weighted by atomic mass is 79.9. The lowest BCUT2D eigenvalue weighted by Gasteiger charge is -2.30. The highest BCUT2D eigenvalue weighted by molar-refractivity contribution is 9.10. The first-order chi connectivity index (χ1) is 11.5. The van der Waals surface area contributed by atoms with Gasteiger partial charge in [0.25, 0.3) is 5.91 Å². The van der Waals surface area contributed by atoms with Gasteiger partial charge in [-0.15, -0.1) is 0 Å². The van der Waals surface area contributed by atoms with Crippen LogP contribution < -0.4 is 0 Å². The fraction of sp³-hybridized carbons (Fsp3) is 0.263. The van der Waals surface area contributed by atoms with Crippen LogP contribution in [-0.4, -0.2) is 27.3 Å². The Bertz CT molecular complexity index is 757. The Balaban J connectivity index is 1.86. The monoisotopic (exact) mass is 402 g/mol. The first-order valence-corrected chi connectivity index (χ1v) is 9.56. The average molecular weight is 403 g/mol. The van der Waals surface area contributed by atoms with Crippen molar-refractivity contribution in [2.24, 2.45) is 4.99 Å². The van der Waals surface area contributed by atoms with Gasteiger partial charge in [-0.2, -0.15) is 0 Å². The second-order valence-electron chi connectivity index (χ2n) is 6.33. The minimum absolute atomic E-state index is 0.00399. The summed E-state index contributed by atoms with van der Waals surface area (Å²) in [4.78, 5) is 19.6. The highest BCUT2D eigenvalue weighted by Gasteiger charge is 2.41. The van der Waals surface area contributed by atoms with E-state index in [2.05, 4.69) is 41.9 Å². The van der Waals surface area contributed by atoms with Gasteiger partial charge in [-0.05, 0) is 43.7 Å². The average Bonchev–Trinajstić information content (AvgIpc) is 2.88. The summed E-state index contributed by atoms with van der Waals surface area (Å²) in [5, 5.41) is 0.803. The number of amides is 1. The largest absolute Gasteiger partial charge is 0.281 e. The van der Waals surface area contributed by atoms with E-state index in [4.69, 9.17) is 4.99 Å². The molecule has 1 fully saturated rings. The molecule has 0 unspecified atom stereocenters. The van der Waals surface area contributed by atoms with Gasteiger partial charge in [-0.3, -0.25) is 14.7 Å². The molecule has 2 aromatic rings. The lowest BCUT2D eigenvalue weighted by Crippen LogP contribution is -2.46. The quantitative estimate of drug-likeness (QED) is 0.725. The maximum Gasteiger partial charge on any atom is 0.260 e. The van der Waals surface area contributed by atoms with Gasteiger partial charge in [-0.25, -0.2) is 0 Å². The van der Waals surface area contributed by atoms with Crippen LogP contribution in [0.5, 0.6) is 0 Å². The Labute approximate surface area is 155 Å². The van der Waals surface area contributed by atoms with E-state index in [-0.39, 0.29) is 11.4 Å². The Morgan fingerprint density at radius 1 is 1.17 bits per heavy atom. The number of hydrogen-bond acceptors (Lipinski definition) is 3. The standard InChI is InChI=1S/C19H19BrN2OS/c1-19(2)13-24-18(21-12-14-6-4-3-5-7-14)22(19)17(23)15-8-10-16(20)11-9-15/h3-11H,12-13H2,1-2H3. The number of thioether (sulfide) groups is 1. The zero-order chi connectivity index (χ0) is 17.2. The van der Waals surface area contributed by atoms with Gasteiger partial charge in [-0.1, -0.05) is 58.0 Å². The molecule has 0 bridgehead atoms. The SMILES string of the molecule is CC1(C)CSC(=NCc2ccccc2)N1C(=O)c1ccc(Br)cc1. The number of amidine groups is 1. The van der Waals surface area contributed by atoms with Crippen LogP contribution in [0.2, 0.25) is 0 Å². The minimum atomic E-state index is -0.246. The molecule has 124 valence electrons. The predicted octanol–water partition coefficient (Wildman–Crippen LogP) is 4.97. The first-order valence-electron chi connectivity index (χ1n) is 7.79. The number of hydrogen-bond donors (Lipinski definition) is 0. The van der Waals surface area contributed by atoms with Crippen molar-refractivity contribution in [1.29, 1.82) is 0 Å². The van der Waals surface area contributed by atoms with Crippen molar-refractivity contribution in [3.63, 3.8) is 0 Å². The van der Waals surface area contributed by atoms with E-state index in [0.717, 1.165) is 21.0 Å². The molecule has 3 nitrogen and oxygen atoms in total. The summed E-state index contributed by atoms with van der Waals surface area (Å²) in [5.41, 5.74) is 1.58. The summed E-state index contributed by atoms with van der Waals surface area (Å²) in [5.74, 6) is 0.854. The lowest BCUT2D eigenvalue weighted by molar-refractivity contribution is 0.0766. The fourth-order valence-corrected chi connectivity index (χ4v) is 4.06. The maximum atomic E-state index is 13.0. The Morgan fingerprint density at radius 2 is 1.83 bits per heavy atom. The van der Waals surface area contributed by atoms with Crippen LogP contribution in [0.25, 0.3) is 0 Å². The molecule has 0 aliphatic carbocycles. The fourth-order valence-electron chi connectivity index (χ4n) is 2.57. The maximum absolute atomic E-state index is 13.0. The highest BCUT2D eigenvalue weighted by Crippen LogP contribution is 2.34. The Kier molecular flexibility index (Phi) is 5.11. The summed E-state index contributed by atoms with van der Waals surface area (Å²) in [6.07, 6.45) is 0. The molecule has 1 saturated heterocycles. The molecule has 1 amide bonds. The van der Waals surface area contributed by atoms with Crippen molar-refractivity contribution in [3.8, 4) is 0 Å². The van der Waals surface area contributed by atoms with Crippen molar-refractivity contribution < 1.29 is 4.79 Å². The minimum Gasteiger partial charge on any atom is -0.281 e. The van der Waals surface area contributed by atoms with Crippen LogP contribution in [-0.2, 0) is 6.54 Å². The molecule has 2 aromatic carbocycles. The Hall–Kier alpha value is -1.59. The van der Waals surface area contributed by atoms with Gasteiger partial charge in [0, 0.05) is 15.8 Å². The smallest absolute Gasteiger partial charge is 0.260 e. The molecule has 0 saturated carbocycles. The lowest BCUT2D eigenvalue weighted by atomic mass is 10.0. The number of nitrogens with zero attached hydrogens (tertiary/aromatic N) is 2. The van der Waals surface area contributed by atoms with E-state index in [9.17, 15) is 4.79 Å². The van der Waals surface area contributed by atoms with E-state index in [1.807, 2.05) is 47.4 Å². The van der Waals surface area contributed by atoms with Gasteiger partial charge < -0.3 is 0 Å². The molecule has 3 rings (SSSR count). The molecule has 24 heavy (non-hydrogen) atoms. The predicted molar refractivity (Wildman–Crippen MR) is 104 cm³/mol. The van der Waals surface area contributed by atoms with E-state index in [1.54, 1.807) is 11.8 Å². The van der Waals surface area contributed by atoms with Crippen LogP contribution in [0.1, 0.15) is 29.8 Å². The van der Waals surface area contributed by atoms with Gasteiger partial charge in [0.15, 0.2) is 5.17 Å². The summed E-state index contributed by atoms with van der Waals surface area (Å²) >= 11 is 5.06. The van der Waals surface area contributed by atoms with Crippen LogP contribution in [0.3, 0.4) is 0 Å². The third-order valence-electron chi connectivity index (χ3n) is 3.89. The van der Waals surface area contributed by atoms with Crippen molar-refractivity contribution >= 4 is 38.8 Å². The normalized spacial score (nSPS) is 18.1. The molecule has 1 aliphatic rings. The molecule has 0 radical (unpaired) electrons. The molecular weight excluding hydrogens is 384 g/mol. The van der Waals surface area contributed by atoms with Crippen molar-refractivity contribution in [3.05, 3.63) is 70.2 Å². The topological polar surface area (TPSA) is 32.7 Å². The summed E-state index contributed by atoms with van der Waals surface area (Å²) in [7, 11) is 0. The van der Waals surface area contributed by atoms with Crippen molar-refractivity contribution in [2.75, 3.05) is 5.75 Å². The van der Waals surface area contributed by atoms with Crippen LogP contribution >= 0.6 is 27.7 Å². The first kappa shape index (κ1) is 17.2. The second kappa shape index (κ2) is 7.11. The van der Waals surface area contributed by atoms with E-state index in [0.29, 0.717) is 12.1 Å². The molecule has 1 heterocycles. The van der Waals surface area contributed by atoms with Gasteiger partial charge in [0.2, 0.25) is 0 Å². The number of halogens is 1. The van der Waals surface area contributed by atoms with E-state index in [1.165, 1.54) is 0 Å². The van der Waals surface area contributed by atoms with Crippen LogP contribution in [0.4, 0.5) is 0 Å². The number of carbonyl (C=O) groups excluding carboxylic acids is 1. The zero-order valence-corrected chi connectivity index (χ0v) is 16.1. The number of aliphatic imine (C=N–C) groups is 1. The molecule has 0 spiro atoms. The third kappa shape index (κ3) is 3.73. The van der Waals surface area contributed by atoms with Crippen molar-refractivity contribution in [1.82, 2.24) is 4.90 Å². The molecule has 1 aliphatic heterocycles. The number of rotatable bonds is 3. The molecule has 0 atom stereocenters. The van der Waals surface area contributed by atoms with E-state index >= 15 is 0 Å². The summed E-state index contributed by atoms with van der Waals surface area (Å²) < 4.78 is 0.965. The second-order valence-corrected chi connectivity index (χ2v) is 8.19. The van der Waals surface area contributed by atoms with Crippen LogP contribution in [0.15, 0.2) is 64.1 Å². The number of benzene rings is 2. The van der Waals surface area contributed by atoms with Gasteiger partial charge in [0.05, 0.1) is 12.1 Å². The molecule has 5 heteroatoms. The van der Waals surface area contributed by atoms with Crippen LogP contribution in [0, 0.1) is 0 Å². The van der Waals surface area contributed by atoms with E-state index < -0.39 is 0 Å². The summed E-state index contributed by atoms with van der Waals surface area (Å²) in [6, 6.07) is 17.6. The third-order valence-corrected chi connectivity index (χ3v) is 5.83. The van der Waals surface area contributed by atoms with Gasteiger partial charge in [0.1, 0.15) is 0 Å². The summed E-state index contributed by atoms with van der Waals surface area (Å²) in [6.45, 7) is 4.76. The zero-order valence-electron chi connectivity index (χ0n) is 13.7. The molecule has 0 aromatic heterocycles. The van der Waals surface area contributed by atoms with Crippen molar-refractivity contribution in [2.45, 2.75) is 25.9 Å². The molecule has 0 N–H and O–H groups in total.